The molecule has 0 saturated heterocycles. The minimum Gasteiger partial charge on any atom is -0.481 e. The van der Waals surface area contributed by atoms with Crippen molar-refractivity contribution in [2.45, 2.75) is 38.1 Å². The van der Waals surface area contributed by atoms with Crippen LogP contribution < -0.4 is 10.6 Å². The van der Waals surface area contributed by atoms with Gasteiger partial charge in [-0.1, -0.05) is 25.0 Å². The van der Waals surface area contributed by atoms with Gasteiger partial charge in [0.1, 0.15) is 0 Å². The lowest BCUT2D eigenvalue weighted by Gasteiger charge is -2.15. The van der Waals surface area contributed by atoms with Crippen molar-refractivity contribution in [3.8, 4) is 0 Å². The summed E-state index contributed by atoms with van der Waals surface area (Å²) in [5.74, 6) is -0.820. The zero-order valence-electron chi connectivity index (χ0n) is 10.7. The third-order valence-corrected chi connectivity index (χ3v) is 3.48. The molecule has 1 fully saturated rings. The van der Waals surface area contributed by atoms with Crippen LogP contribution in [0.3, 0.4) is 0 Å². The Hall–Kier alpha value is -1.62. The summed E-state index contributed by atoms with van der Waals surface area (Å²) in [5.41, 5.74) is 1.66. The van der Waals surface area contributed by atoms with Gasteiger partial charge < -0.3 is 15.7 Å². The topological polar surface area (TPSA) is 61.4 Å². The van der Waals surface area contributed by atoms with Crippen molar-refractivity contribution in [1.29, 1.82) is 0 Å². The normalized spacial score (nSPS) is 15.2. The molecule has 0 aliphatic heterocycles. The fourth-order valence-electron chi connectivity index (χ4n) is 2.30. The molecule has 0 unspecified atom stereocenters. The predicted octanol–water partition coefficient (Wildman–Crippen LogP) is 2.54. The standard InChI is InChI=1S/C14H18N2O2S/c17-13(18)9-10-5-7-12(8-6-10)16-14(19)15-11-3-1-2-4-11/h5-8,11H,1-4,9H2,(H,17,18)(H2,15,16,19). The first-order valence-electron chi connectivity index (χ1n) is 6.52. The van der Waals surface area contributed by atoms with Crippen molar-refractivity contribution >= 4 is 29.0 Å². The Bertz CT molecular complexity index is 453. The zero-order valence-corrected chi connectivity index (χ0v) is 11.5. The number of carboxylic acid groups (broad SMARTS) is 1. The number of hydrogen-bond donors (Lipinski definition) is 3. The van der Waals surface area contributed by atoms with E-state index in [1.165, 1.54) is 25.7 Å². The van der Waals surface area contributed by atoms with E-state index in [1.54, 1.807) is 12.1 Å². The van der Waals surface area contributed by atoms with Crippen molar-refractivity contribution in [2.24, 2.45) is 0 Å². The van der Waals surface area contributed by atoms with Gasteiger partial charge in [0.05, 0.1) is 6.42 Å². The molecule has 1 aliphatic rings. The van der Waals surface area contributed by atoms with Crippen LogP contribution in [0.1, 0.15) is 31.2 Å². The first kappa shape index (κ1) is 13.8. The number of carbonyl (C=O) groups is 1. The molecule has 1 saturated carbocycles. The van der Waals surface area contributed by atoms with E-state index in [2.05, 4.69) is 10.6 Å². The van der Waals surface area contributed by atoms with Gasteiger partial charge in [-0.2, -0.15) is 0 Å². The molecular weight excluding hydrogens is 260 g/mol. The lowest BCUT2D eigenvalue weighted by Crippen LogP contribution is -2.35. The molecule has 0 aromatic heterocycles. The summed E-state index contributed by atoms with van der Waals surface area (Å²) in [6.45, 7) is 0. The van der Waals surface area contributed by atoms with Crippen LogP contribution in [0.5, 0.6) is 0 Å². The largest absolute Gasteiger partial charge is 0.481 e. The van der Waals surface area contributed by atoms with Crippen LogP contribution in [-0.4, -0.2) is 22.2 Å². The number of nitrogens with one attached hydrogen (secondary N) is 2. The SMILES string of the molecule is O=C(O)Cc1ccc(NC(=S)NC2CCCC2)cc1. The van der Waals surface area contributed by atoms with Crippen LogP contribution in [-0.2, 0) is 11.2 Å². The summed E-state index contributed by atoms with van der Waals surface area (Å²) in [6.07, 6.45) is 4.94. The van der Waals surface area contributed by atoms with Crippen molar-refractivity contribution in [1.82, 2.24) is 5.32 Å². The Balaban J connectivity index is 1.84. The molecular formula is C14H18N2O2S. The monoisotopic (exact) mass is 278 g/mol. The Morgan fingerprint density at radius 3 is 2.47 bits per heavy atom. The van der Waals surface area contributed by atoms with Gasteiger partial charge in [0, 0.05) is 11.7 Å². The van der Waals surface area contributed by atoms with Gasteiger partial charge in [-0.05, 0) is 42.8 Å². The summed E-state index contributed by atoms with van der Waals surface area (Å²) in [5, 5.41) is 15.8. The Morgan fingerprint density at radius 2 is 1.89 bits per heavy atom. The molecule has 0 amide bonds. The summed E-state index contributed by atoms with van der Waals surface area (Å²) in [7, 11) is 0. The molecule has 0 heterocycles. The molecule has 1 aromatic carbocycles. The summed E-state index contributed by atoms with van der Waals surface area (Å²) < 4.78 is 0. The third-order valence-electron chi connectivity index (χ3n) is 3.26. The Morgan fingerprint density at radius 1 is 1.26 bits per heavy atom. The lowest BCUT2D eigenvalue weighted by molar-refractivity contribution is -0.136. The second-order valence-corrected chi connectivity index (χ2v) is 5.26. The van der Waals surface area contributed by atoms with E-state index in [-0.39, 0.29) is 6.42 Å². The Labute approximate surface area is 118 Å². The van der Waals surface area contributed by atoms with Gasteiger partial charge in [-0.3, -0.25) is 4.79 Å². The molecule has 19 heavy (non-hydrogen) atoms. The Kier molecular flexibility index (Phi) is 4.74. The maximum absolute atomic E-state index is 10.6. The molecule has 4 nitrogen and oxygen atoms in total. The summed E-state index contributed by atoms with van der Waals surface area (Å²) >= 11 is 5.26. The predicted molar refractivity (Wildman–Crippen MR) is 79.4 cm³/mol. The highest BCUT2D eigenvalue weighted by Gasteiger charge is 2.15. The fraction of sp³-hybridized carbons (Fsp3) is 0.429. The minimum absolute atomic E-state index is 0.0467. The highest BCUT2D eigenvalue weighted by Crippen LogP contribution is 2.18. The fourth-order valence-corrected chi connectivity index (χ4v) is 2.59. The zero-order chi connectivity index (χ0) is 13.7. The first-order chi connectivity index (χ1) is 9.13. The van der Waals surface area contributed by atoms with Crippen molar-refractivity contribution in [3.63, 3.8) is 0 Å². The summed E-state index contributed by atoms with van der Waals surface area (Å²) in [6, 6.07) is 7.79. The van der Waals surface area contributed by atoms with Crippen molar-refractivity contribution in [2.75, 3.05) is 5.32 Å². The van der Waals surface area contributed by atoms with Gasteiger partial charge in [-0.15, -0.1) is 0 Å². The lowest BCUT2D eigenvalue weighted by atomic mass is 10.1. The van der Waals surface area contributed by atoms with Crippen LogP contribution in [0.15, 0.2) is 24.3 Å². The second kappa shape index (κ2) is 6.52. The maximum atomic E-state index is 10.6. The molecule has 0 radical (unpaired) electrons. The number of aliphatic carboxylic acids is 1. The van der Waals surface area contributed by atoms with Gasteiger partial charge >= 0.3 is 5.97 Å². The van der Waals surface area contributed by atoms with E-state index in [0.717, 1.165) is 11.3 Å². The molecule has 5 heteroatoms. The van der Waals surface area contributed by atoms with Crippen LogP contribution >= 0.6 is 12.2 Å². The average molecular weight is 278 g/mol. The average Bonchev–Trinajstić information content (AvgIpc) is 2.83. The molecule has 2 rings (SSSR count). The van der Waals surface area contributed by atoms with Gasteiger partial charge in [0.25, 0.3) is 0 Å². The number of hydrogen-bond acceptors (Lipinski definition) is 2. The van der Waals surface area contributed by atoms with E-state index in [9.17, 15) is 4.79 Å². The van der Waals surface area contributed by atoms with Crippen molar-refractivity contribution in [3.05, 3.63) is 29.8 Å². The highest BCUT2D eigenvalue weighted by molar-refractivity contribution is 7.80. The third kappa shape index (κ3) is 4.52. The van der Waals surface area contributed by atoms with E-state index in [4.69, 9.17) is 17.3 Å². The quantitative estimate of drug-likeness (QED) is 0.739. The maximum Gasteiger partial charge on any atom is 0.307 e. The van der Waals surface area contributed by atoms with Crippen LogP contribution in [0.25, 0.3) is 0 Å². The first-order valence-corrected chi connectivity index (χ1v) is 6.92. The minimum atomic E-state index is -0.820. The number of thiocarbonyl (C=S) groups is 1. The molecule has 1 aliphatic carbocycles. The molecule has 1 aromatic rings. The van der Waals surface area contributed by atoms with E-state index >= 15 is 0 Å². The number of carboxylic acids is 1. The second-order valence-electron chi connectivity index (χ2n) is 4.85. The van der Waals surface area contributed by atoms with E-state index in [1.807, 2.05) is 12.1 Å². The van der Waals surface area contributed by atoms with Crippen LogP contribution in [0.2, 0.25) is 0 Å². The molecule has 0 atom stereocenters. The molecule has 0 bridgehead atoms. The van der Waals surface area contributed by atoms with Gasteiger partial charge in [0.2, 0.25) is 0 Å². The smallest absolute Gasteiger partial charge is 0.307 e. The van der Waals surface area contributed by atoms with E-state index in [0.29, 0.717) is 11.2 Å². The highest BCUT2D eigenvalue weighted by atomic mass is 32.1. The van der Waals surface area contributed by atoms with E-state index < -0.39 is 5.97 Å². The summed E-state index contributed by atoms with van der Waals surface area (Å²) in [4.78, 5) is 10.6. The van der Waals surface area contributed by atoms with Crippen LogP contribution in [0, 0.1) is 0 Å². The van der Waals surface area contributed by atoms with Crippen molar-refractivity contribution < 1.29 is 9.90 Å². The number of benzene rings is 1. The van der Waals surface area contributed by atoms with Gasteiger partial charge in [0.15, 0.2) is 5.11 Å². The molecule has 3 N–H and O–H groups in total. The van der Waals surface area contributed by atoms with Crippen LogP contribution in [0.4, 0.5) is 5.69 Å². The van der Waals surface area contributed by atoms with Gasteiger partial charge in [-0.25, -0.2) is 0 Å². The molecule has 0 spiro atoms. The molecule has 102 valence electrons. The number of rotatable bonds is 4. The number of anilines is 1.